The minimum atomic E-state index is -0.601. The lowest BCUT2D eigenvalue weighted by molar-refractivity contribution is 0.0217. The number of benzene rings is 1. The number of aliphatic hydroxyl groups excluding tert-OH is 1. The minimum absolute atomic E-state index is 0.229. The van der Waals surface area contributed by atoms with Crippen LogP contribution in [0.5, 0.6) is 11.5 Å². The number of hydrogen-bond acceptors (Lipinski definition) is 5. The van der Waals surface area contributed by atoms with Gasteiger partial charge in [0.1, 0.15) is 24.2 Å². The maximum absolute atomic E-state index is 9.78. The Balaban J connectivity index is 1.72. The minimum Gasteiger partial charge on any atom is -0.491 e. The monoisotopic (exact) mass is 337 g/mol. The topological polar surface area (TPSA) is 60.0 Å². The van der Waals surface area contributed by atoms with Crippen LogP contribution in [-0.4, -0.2) is 42.8 Å². The van der Waals surface area contributed by atoms with Gasteiger partial charge in [0.25, 0.3) is 0 Å². The van der Waals surface area contributed by atoms with Crippen LogP contribution in [0.2, 0.25) is 0 Å². The molecular weight excluding hydrogens is 306 g/mol. The first-order valence-electron chi connectivity index (χ1n) is 9.00. The molecule has 1 fully saturated rings. The first kappa shape index (κ1) is 19.0. The summed E-state index contributed by atoms with van der Waals surface area (Å²) in [5, 5.41) is 13.0. The smallest absolute Gasteiger partial charge is 0.176 e. The van der Waals surface area contributed by atoms with Crippen molar-refractivity contribution in [2.24, 2.45) is 0 Å². The fraction of sp³-hybridized carbons (Fsp3) is 0.684. The molecule has 2 unspecified atom stereocenters. The van der Waals surface area contributed by atoms with E-state index in [4.69, 9.17) is 14.2 Å². The molecule has 1 aromatic rings. The molecule has 136 valence electrons. The fourth-order valence-electron chi connectivity index (χ4n) is 2.79. The predicted molar refractivity (Wildman–Crippen MR) is 94.5 cm³/mol. The van der Waals surface area contributed by atoms with Gasteiger partial charge in [-0.25, -0.2) is 0 Å². The van der Waals surface area contributed by atoms with Crippen molar-refractivity contribution < 1.29 is 19.3 Å². The number of nitrogens with one attached hydrogen (secondary N) is 1. The highest BCUT2D eigenvalue weighted by molar-refractivity contribution is 5.31. The van der Waals surface area contributed by atoms with Gasteiger partial charge in [-0.15, -0.1) is 0 Å². The number of aliphatic hydroxyl groups is 1. The molecule has 0 aliphatic heterocycles. The van der Waals surface area contributed by atoms with Crippen molar-refractivity contribution >= 4 is 0 Å². The summed E-state index contributed by atoms with van der Waals surface area (Å²) in [6, 6.07) is 7.68. The van der Waals surface area contributed by atoms with E-state index in [0.29, 0.717) is 25.1 Å². The van der Waals surface area contributed by atoms with E-state index < -0.39 is 12.3 Å². The van der Waals surface area contributed by atoms with Gasteiger partial charge in [-0.3, -0.25) is 5.32 Å². The fourth-order valence-corrected chi connectivity index (χ4v) is 2.79. The maximum Gasteiger partial charge on any atom is 0.176 e. The second-order valence-corrected chi connectivity index (χ2v) is 6.70. The molecule has 0 saturated heterocycles. The average Bonchev–Trinajstić information content (AvgIpc) is 3.05. The lowest BCUT2D eigenvalue weighted by Crippen LogP contribution is -2.46. The van der Waals surface area contributed by atoms with Gasteiger partial charge >= 0.3 is 0 Å². The lowest BCUT2D eigenvalue weighted by Gasteiger charge is -2.25. The van der Waals surface area contributed by atoms with Crippen molar-refractivity contribution in [3.8, 4) is 11.5 Å². The van der Waals surface area contributed by atoms with Crippen molar-refractivity contribution in [3.63, 3.8) is 0 Å². The average molecular weight is 337 g/mol. The third-order valence-corrected chi connectivity index (χ3v) is 4.03. The first-order chi connectivity index (χ1) is 11.5. The van der Waals surface area contributed by atoms with Gasteiger partial charge in [0.05, 0.1) is 12.7 Å². The summed E-state index contributed by atoms with van der Waals surface area (Å²) in [7, 11) is 0. The molecule has 1 saturated carbocycles. The molecule has 0 bridgehead atoms. The Kier molecular flexibility index (Phi) is 7.82. The third-order valence-electron chi connectivity index (χ3n) is 4.03. The molecule has 1 aliphatic carbocycles. The zero-order valence-electron chi connectivity index (χ0n) is 15.0. The molecule has 24 heavy (non-hydrogen) atoms. The zero-order valence-corrected chi connectivity index (χ0v) is 15.0. The summed E-state index contributed by atoms with van der Waals surface area (Å²) < 4.78 is 17.3. The van der Waals surface area contributed by atoms with Crippen molar-refractivity contribution in [1.29, 1.82) is 0 Å². The van der Waals surface area contributed by atoms with Crippen molar-refractivity contribution in [2.45, 2.75) is 70.9 Å². The summed E-state index contributed by atoms with van der Waals surface area (Å²) in [6.07, 6.45) is 4.32. The largest absolute Gasteiger partial charge is 0.491 e. The Hall–Kier alpha value is -1.30. The molecule has 0 spiro atoms. The number of rotatable bonds is 10. The summed E-state index contributed by atoms with van der Waals surface area (Å²) in [5.41, 5.74) is 0. The van der Waals surface area contributed by atoms with E-state index in [1.54, 1.807) is 6.92 Å². The Morgan fingerprint density at radius 1 is 1.04 bits per heavy atom. The molecule has 0 heterocycles. The highest BCUT2D eigenvalue weighted by Crippen LogP contribution is 2.21. The maximum atomic E-state index is 9.78. The van der Waals surface area contributed by atoms with Crippen LogP contribution >= 0.6 is 0 Å². The van der Waals surface area contributed by atoms with Crippen LogP contribution in [-0.2, 0) is 4.74 Å². The SMILES string of the molecule is CC(C)NC(Oc1ccc(OCCOC2CCCC2)cc1)C(C)O. The van der Waals surface area contributed by atoms with Crippen LogP contribution in [0.3, 0.4) is 0 Å². The summed E-state index contributed by atoms with van der Waals surface area (Å²) in [6.45, 7) is 6.93. The highest BCUT2D eigenvalue weighted by Gasteiger charge is 2.17. The third kappa shape index (κ3) is 6.67. The van der Waals surface area contributed by atoms with Crippen molar-refractivity contribution in [2.75, 3.05) is 13.2 Å². The number of ether oxygens (including phenoxy) is 3. The van der Waals surface area contributed by atoms with Gasteiger partial charge in [0, 0.05) is 6.04 Å². The Labute approximate surface area is 145 Å². The van der Waals surface area contributed by atoms with Crippen LogP contribution in [0.1, 0.15) is 46.5 Å². The van der Waals surface area contributed by atoms with Crippen molar-refractivity contribution in [3.05, 3.63) is 24.3 Å². The van der Waals surface area contributed by atoms with Crippen molar-refractivity contribution in [1.82, 2.24) is 5.32 Å². The lowest BCUT2D eigenvalue weighted by atomic mass is 10.3. The van der Waals surface area contributed by atoms with Gasteiger partial charge in [0.2, 0.25) is 0 Å². The second kappa shape index (κ2) is 9.87. The number of hydrogen-bond donors (Lipinski definition) is 2. The Morgan fingerprint density at radius 2 is 1.67 bits per heavy atom. The van der Waals surface area contributed by atoms with Gasteiger partial charge < -0.3 is 19.3 Å². The quantitative estimate of drug-likeness (QED) is 0.507. The summed E-state index contributed by atoms with van der Waals surface area (Å²) in [4.78, 5) is 0. The molecule has 1 aromatic carbocycles. The van der Waals surface area contributed by atoms with Gasteiger partial charge in [-0.1, -0.05) is 12.8 Å². The van der Waals surface area contributed by atoms with Crippen LogP contribution < -0.4 is 14.8 Å². The van der Waals surface area contributed by atoms with Gasteiger partial charge in [-0.2, -0.15) is 0 Å². The van der Waals surface area contributed by atoms with Crippen LogP contribution in [0.15, 0.2) is 24.3 Å². The van der Waals surface area contributed by atoms with Crippen LogP contribution in [0, 0.1) is 0 Å². The molecule has 0 amide bonds. The summed E-state index contributed by atoms with van der Waals surface area (Å²) >= 11 is 0. The van der Waals surface area contributed by atoms with E-state index >= 15 is 0 Å². The van der Waals surface area contributed by atoms with Crippen LogP contribution in [0.4, 0.5) is 0 Å². The molecule has 0 aromatic heterocycles. The Bertz CT molecular complexity index is 455. The van der Waals surface area contributed by atoms with E-state index in [2.05, 4.69) is 5.32 Å². The second-order valence-electron chi connectivity index (χ2n) is 6.70. The molecular formula is C19H31NO4. The molecule has 5 nitrogen and oxygen atoms in total. The van der Waals surface area contributed by atoms with E-state index in [-0.39, 0.29) is 6.04 Å². The zero-order chi connectivity index (χ0) is 17.4. The van der Waals surface area contributed by atoms with E-state index in [0.717, 1.165) is 5.75 Å². The molecule has 5 heteroatoms. The van der Waals surface area contributed by atoms with Gasteiger partial charge in [-0.05, 0) is 57.9 Å². The Morgan fingerprint density at radius 3 is 2.25 bits per heavy atom. The van der Waals surface area contributed by atoms with E-state index in [1.165, 1.54) is 25.7 Å². The predicted octanol–water partition coefficient (Wildman–Crippen LogP) is 3.11. The first-order valence-corrected chi connectivity index (χ1v) is 9.00. The molecule has 2 atom stereocenters. The van der Waals surface area contributed by atoms with Crippen LogP contribution in [0.25, 0.3) is 0 Å². The summed E-state index contributed by atoms with van der Waals surface area (Å²) in [5.74, 6) is 1.49. The standard InChI is InChI=1S/C19H31NO4/c1-14(2)20-19(15(3)21)24-18-10-8-17(9-11-18)23-13-12-22-16-6-4-5-7-16/h8-11,14-16,19-21H,4-7,12-13H2,1-3H3. The van der Waals surface area contributed by atoms with E-state index in [9.17, 15) is 5.11 Å². The molecule has 1 aliphatic rings. The highest BCUT2D eigenvalue weighted by atomic mass is 16.5. The molecule has 2 N–H and O–H groups in total. The normalized spacial score (nSPS) is 17.9. The molecule has 2 rings (SSSR count). The van der Waals surface area contributed by atoms with Gasteiger partial charge in [0.15, 0.2) is 6.23 Å². The van der Waals surface area contributed by atoms with E-state index in [1.807, 2.05) is 38.1 Å². The molecule has 0 radical (unpaired) electrons.